The highest BCUT2D eigenvalue weighted by Gasteiger charge is 2.33. The normalized spacial score (nSPS) is 36.1. The van der Waals surface area contributed by atoms with Crippen LogP contribution in [0.4, 0.5) is 0 Å². The molecule has 0 bridgehead atoms. The summed E-state index contributed by atoms with van der Waals surface area (Å²) in [6.45, 7) is 3.09. The molecule has 0 spiro atoms. The van der Waals surface area contributed by atoms with E-state index in [4.69, 9.17) is 4.74 Å². The molecule has 1 atom stereocenters. The minimum atomic E-state index is 0.508. The second-order valence-corrected chi connectivity index (χ2v) is 3.60. The van der Waals surface area contributed by atoms with E-state index in [1.165, 1.54) is 25.7 Å². The molecule has 2 rings (SSSR count). The molecule has 1 nitrogen and oxygen atoms in total. The fourth-order valence-electron chi connectivity index (χ4n) is 2.04. The molecular weight excluding hydrogens is 136 g/mol. The Morgan fingerprint density at radius 1 is 1.45 bits per heavy atom. The van der Waals surface area contributed by atoms with Crippen LogP contribution in [-0.4, -0.2) is 12.7 Å². The summed E-state index contributed by atoms with van der Waals surface area (Å²) in [5.74, 6) is 0.865. The number of allylic oxidation sites excluding steroid dienone is 1. The lowest BCUT2D eigenvalue weighted by Crippen LogP contribution is -2.27. The lowest BCUT2D eigenvalue weighted by atomic mass is 9.79. The molecule has 0 amide bonds. The van der Waals surface area contributed by atoms with Gasteiger partial charge in [-0.05, 0) is 37.7 Å². The molecular formula is C10H16O. The molecule has 1 saturated carbocycles. The van der Waals surface area contributed by atoms with Gasteiger partial charge in [0.1, 0.15) is 0 Å². The Hall–Kier alpha value is -0.300. The van der Waals surface area contributed by atoms with Crippen molar-refractivity contribution in [1.29, 1.82) is 0 Å². The van der Waals surface area contributed by atoms with Crippen molar-refractivity contribution in [1.82, 2.24) is 0 Å². The molecule has 2 fully saturated rings. The van der Waals surface area contributed by atoms with Gasteiger partial charge >= 0.3 is 0 Å². The first-order valence-electron chi connectivity index (χ1n) is 4.68. The Kier molecular flexibility index (Phi) is 1.99. The molecule has 0 radical (unpaired) electrons. The third-order valence-corrected chi connectivity index (χ3v) is 3.00. The highest BCUT2D eigenvalue weighted by atomic mass is 16.5. The zero-order chi connectivity index (χ0) is 7.68. The van der Waals surface area contributed by atoms with Crippen molar-refractivity contribution >= 4 is 0 Å². The van der Waals surface area contributed by atoms with Gasteiger partial charge in [0.05, 0.1) is 12.7 Å². The average molecular weight is 152 g/mol. The van der Waals surface area contributed by atoms with Crippen LogP contribution < -0.4 is 0 Å². The van der Waals surface area contributed by atoms with Gasteiger partial charge in [-0.25, -0.2) is 0 Å². The van der Waals surface area contributed by atoms with Crippen LogP contribution in [0.2, 0.25) is 0 Å². The van der Waals surface area contributed by atoms with Crippen LogP contribution in [0.15, 0.2) is 11.6 Å². The summed E-state index contributed by atoms with van der Waals surface area (Å²) in [6, 6.07) is 0. The first-order chi connectivity index (χ1) is 5.42. The number of rotatable bonds is 1. The van der Waals surface area contributed by atoms with Crippen LogP contribution in [-0.2, 0) is 4.74 Å². The molecule has 1 heterocycles. The summed E-state index contributed by atoms with van der Waals surface area (Å²) in [6.07, 6.45) is 8.13. The molecule has 62 valence electrons. The van der Waals surface area contributed by atoms with E-state index < -0.39 is 0 Å². The minimum absolute atomic E-state index is 0.508. The van der Waals surface area contributed by atoms with Crippen molar-refractivity contribution in [2.24, 2.45) is 5.92 Å². The van der Waals surface area contributed by atoms with Crippen LogP contribution >= 0.6 is 0 Å². The molecule has 0 aromatic rings. The van der Waals surface area contributed by atoms with E-state index in [-0.39, 0.29) is 0 Å². The summed E-state index contributed by atoms with van der Waals surface area (Å²) >= 11 is 0. The number of hydrogen-bond acceptors (Lipinski definition) is 1. The van der Waals surface area contributed by atoms with Crippen LogP contribution in [0.5, 0.6) is 0 Å². The maximum absolute atomic E-state index is 5.69. The highest BCUT2D eigenvalue weighted by Crippen LogP contribution is 2.37. The second-order valence-electron chi connectivity index (χ2n) is 3.60. The quantitative estimate of drug-likeness (QED) is 0.525. The summed E-state index contributed by atoms with van der Waals surface area (Å²) in [5.41, 5.74) is 1.55. The number of ether oxygens (including phenoxy) is 1. The van der Waals surface area contributed by atoms with Gasteiger partial charge in [0, 0.05) is 0 Å². The fourth-order valence-corrected chi connectivity index (χ4v) is 2.04. The third-order valence-electron chi connectivity index (χ3n) is 3.00. The van der Waals surface area contributed by atoms with E-state index in [2.05, 4.69) is 13.0 Å². The van der Waals surface area contributed by atoms with Gasteiger partial charge in [0.25, 0.3) is 0 Å². The average Bonchev–Trinajstić information content (AvgIpc) is 2.32. The first kappa shape index (κ1) is 7.35. The zero-order valence-corrected chi connectivity index (χ0v) is 7.18. The second kappa shape index (κ2) is 2.98. The largest absolute Gasteiger partial charge is 0.373 e. The van der Waals surface area contributed by atoms with Crippen molar-refractivity contribution in [3.8, 4) is 0 Å². The lowest BCUT2D eigenvalue weighted by molar-refractivity contribution is 0.0460. The van der Waals surface area contributed by atoms with Crippen LogP contribution in [0, 0.1) is 5.92 Å². The Morgan fingerprint density at radius 3 is 2.82 bits per heavy atom. The van der Waals surface area contributed by atoms with E-state index in [0.29, 0.717) is 6.10 Å². The maximum Gasteiger partial charge on any atom is 0.0814 e. The Morgan fingerprint density at radius 2 is 2.27 bits per heavy atom. The third kappa shape index (κ3) is 1.22. The van der Waals surface area contributed by atoms with E-state index in [1.54, 1.807) is 5.57 Å². The minimum Gasteiger partial charge on any atom is -0.373 e. The zero-order valence-electron chi connectivity index (χ0n) is 7.18. The molecule has 0 N–H and O–H groups in total. The SMILES string of the molecule is CC=C1CCOC1C1CCC1. The predicted octanol–water partition coefficient (Wildman–Crippen LogP) is 2.52. The van der Waals surface area contributed by atoms with E-state index in [9.17, 15) is 0 Å². The van der Waals surface area contributed by atoms with Gasteiger partial charge in [-0.15, -0.1) is 0 Å². The van der Waals surface area contributed by atoms with Gasteiger partial charge in [-0.1, -0.05) is 12.5 Å². The lowest BCUT2D eigenvalue weighted by Gasteiger charge is -2.31. The summed E-state index contributed by atoms with van der Waals surface area (Å²) < 4.78 is 5.69. The van der Waals surface area contributed by atoms with Crippen molar-refractivity contribution < 1.29 is 4.74 Å². The Labute approximate surface area is 68.4 Å². The van der Waals surface area contributed by atoms with Crippen LogP contribution in [0.1, 0.15) is 32.6 Å². The van der Waals surface area contributed by atoms with Gasteiger partial charge in [-0.3, -0.25) is 0 Å². The molecule has 11 heavy (non-hydrogen) atoms. The molecule has 0 aromatic heterocycles. The smallest absolute Gasteiger partial charge is 0.0814 e. The molecule has 1 heteroatoms. The monoisotopic (exact) mass is 152 g/mol. The summed E-state index contributed by atoms with van der Waals surface area (Å²) in [7, 11) is 0. The van der Waals surface area contributed by atoms with Gasteiger partial charge in [-0.2, -0.15) is 0 Å². The summed E-state index contributed by atoms with van der Waals surface area (Å²) in [4.78, 5) is 0. The number of hydrogen-bond donors (Lipinski definition) is 0. The van der Waals surface area contributed by atoms with Crippen LogP contribution in [0.3, 0.4) is 0 Å². The molecule has 1 aliphatic carbocycles. The Balaban J connectivity index is 2.00. The molecule has 2 aliphatic rings. The first-order valence-corrected chi connectivity index (χ1v) is 4.68. The Bertz CT molecular complexity index is 168. The van der Waals surface area contributed by atoms with Gasteiger partial charge in [0.2, 0.25) is 0 Å². The van der Waals surface area contributed by atoms with E-state index in [1.807, 2.05) is 0 Å². The van der Waals surface area contributed by atoms with Crippen molar-refractivity contribution in [3.05, 3.63) is 11.6 Å². The molecule has 1 saturated heterocycles. The van der Waals surface area contributed by atoms with Gasteiger partial charge in [0.15, 0.2) is 0 Å². The van der Waals surface area contributed by atoms with Crippen molar-refractivity contribution in [2.45, 2.75) is 38.7 Å². The van der Waals surface area contributed by atoms with E-state index >= 15 is 0 Å². The van der Waals surface area contributed by atoms with Crippen molar-refractivity contribution in [3.63, 3.8) is 0 Å². The molecule has 0 aromatic carbocycles. The maximum atomic E-state index is 5.69. The predicted molar refractivity (Wildman–Crippen MR) is 45.5 cm³/mol. The highest BCUT2D eigenvalue weighted by molar-refractivity contribution is 5.13. The molecule has 1 unspecified atom stereocenters. The van der Waals surface area contributed by atoms with Crippen LogP contribution in [0.25, 0.3) is 0 Å². The topological polar surface area (TPSA) is 9.23 Å². The fraction of sp³-hybridized carbons (Fsp3) is 0.800. The molecule has 1 aliphatic heterocycles. The van der Waals surface area contributed by atoms with Crippen molar-refractivity contribution in [2.75, 3.05) is 6.61 Å². The van der Waals surface area contributed by atoms with Gasteiger partial charge < -0.3 is 4.74 Å². The summed E-state index contributed by atoms with van der Waals surface area (Å²) in [5, 5.41) is 0. The van der Waals surface area contributed by atoms with E-state index in [0.717, 1.165) is 12.5 Å². The standard InChI is InChI=1S/C10H16O/c1-2-8-6-7-11-10(8)9-4-3-5-9/h2,9-10H,3-7H2,1H3.